The van der Waals surface area contributed by atoms with E-state index in [4.69, 9.17) is 9.47 Å². The molecule has 0 atom stereocenters. The molecule has 9 heteroatoms. The maximum Gasteiger partial charge on any atom is 0.256 e. The van der Waals surface area contributed by atoms with E-state index in [0.29, 0.717) is 42.1 Å². The standard InChI is InChI=1S/C17H22N6O3/c1-22(2)15-13(11-19-17(21-15)23-6-8-26-9-7-23)20-16(24)12-4-5-18-14(10-12)25-3/h4-5,10-11H,6-9H2,1-3H3,(H,20,24). The minimum Gasteiger partial charge on any atom is -0.481 e. The Morgan fingerprint density at radius 1 is 1.31 bits per heavy atom. The Balaban J connectivity index is 1.83. The van der Waals surface area contributed by atoms with Crippen LogP contribution in [0.3, 0.4) is 0 Å². The van der Waals surface area contributed by atoms with E-state index in [1.54, 1.807) is 18.3 Å². The Bertz CT molecular complexity index is 777. The van der Waals surface area contributed by atoms with Crippen LogP contribution in [0.4, 0.5) is 17.5 Å². The van der Waals surface area contributed by atoms with Crippen molar-refractivity contribution in [2.24, 2.45) is 0 Å². The molecule has 0 aromatic carbocycles. The molecule has 1 fully saturated rings. The molecule has 1 aliphatic rings. The topological polar surface area (TPSA) is 92.7 Å². The van der Waals surface area contributed by atoms with Gasteiger partial charge < -0.3 is 24.6 Å². The number of hydrogen-bond acceptors (Lipinski definition) is 8. The number of ether oxygens (including phenoxy) is 2. The first-order valence-corrected chi connectivity index (χ1v) is 8.27. The molecule has 0 unspecified atom stereocenters. The van der Waals surface area contributed by atoms with Crippen molar-refractivity contribution in [1.29, 1.82) is 0 Å². The molecular formula is C17H22N6O3. The minimum absolute atomic E-state index is 0.281. The first-order chi connectivity index (χ1) is 12.6. The SMILES string of the molecule is COc1cc(C(=O)Nc2cnc(N3CCOCC3)nc2N(C)C)ccn1. The number of nitrogens with zero attached hydrogens (tertiary/aromatic N) is 5. The smallest absolute Gasteiger partial charge is 0.256 e. The maximum atomic E-state index is 12.5. The molecule has 1 amide bonds. The molecule has 1 aliphatic heterocycles. The summed E-state index contributed by atoms with van der Waals surface area (Å²) < 4.78 is 10.4. The van der Waals surface area contributed by atoms with Gasteiger partial charge in [-0.25, -0.2) is 9.97 Å². The van der Waals surface area contributed by atoms with Gasteiger partial charge in [0, 0.05) is 45.0 Å². The summed E-state index contributed by atoms with van der Waals surface area (Å²) in [5, 5.41) is 2.86. The maximum absolute atomic E-state index is 12.5. The van der Waals surface area contributed by atoms with Gasteiger partial charge in [0.2, 0.25) is 11.8 Å². The number of pyridine rings is 1. The van der Waals surface area contributed by atoms with Gasteiger partial charge in [-0.15, -0.1) is 0 Å². The van der Waals surface area contributed by atoms with E-state index in [1.807, 2.05) is 19.0 Å². The number of rotatable bonds is 5. The quantitative estimate of drug-likeness (QED) is 0.847. The first kappa shape index (κ1) is 17.9. The lowest BCUT2D eigenvalue weighted by molar-refractivity contribution is 0.102. The second-order valence-electron chi connectivity index (χ2n) is 5.94. The molecule has 2 aromatic heterocycles. The fraction of sp³-hybridized carbons (Fsp3) is 0.412. The van der Waals surface area contributed by atoms with Crippen molar-refractivity contribution in [3.05, 3.63) is 30.1 Å². The fourth-order valence-electron chi connectivity index (χ4n) is 2.57. The summed E-state index contributed by atoms with van der Waals surface area (Å²) >= 11 is 0. The highest BCUT2D eigenvalue weighted by atomic mass is 16.5. The monoisotopic (exact) mass is 358 g/mol. The van der Waals surface area contributed by atoms with Gasteiger partial charge in [0.05, 0.1) is 26.5 Å². The van der Waals surface area contributed by atoms with Crippen LogP contribution in [-0.2, 0) is 4.74 Å². The highest BCUT2D eigenvalue weighted by molar-refractivity contribution is 6.05. The third kappa shape index (κ3) is 3.99. The summed E-state index contributed by atoms with van der Waals surface area (Å²) in [6.07, 6.45) is 3.15. The second kappa shape index (κ2) is 7.96. The molecule has 0 radical (unpaired) electrons. The normalized spacial score (nSPS) is 14.0. The number of hydrogen-bond donors (Lipinski definition) is 1. The molecule has 3 rings (SSSR count). The lowest BCUT2D eigenvalue weighted by atomic mass is 10.2. The van der Waals surface area contributed by atoms with Crippen LogP contribution < -0.4 is 19.9 Å². The van der Waals surface area contributed by atoms with Crippen molar-refractivity contribution < 1.29 is 14.3 Å². The molecule has 0 aliphatic carbocycles. The van der Waals surface area contributed by atoms with Crippen LogP contribution in [0.1, 0.15) is 10.4 Å². The Morgan fingerprint density at radius 2 is 2.08 bits per heavy atom. The lowest BCUT2D eigenvalue weighted by Crippen LogP contribution is -2.37. The number of amides is 1. The van der Waals surface area contributed by atoms with E-state index < -0.39 is 0 Å². The van der Waals surface area contributed by atoms with E-state index in [0.717, 1.165) is 13.1 Å². The van der Waals surface area contributed by atoms with Crippen LogP contribution in [0.15, 0.2) is 24.5 Å². The summed E-state index contributed by atoms with van der Waals surface area (Å²) in [6, 6.07) is 3.20. The number of carbonyl (C=O) groups is 1. The molecule has 0 spiro atoms. The highest BCUT2D eigenvalue weighted by Crippen LogP contribution is 2.25. The van der Waals surface area contributed by atoms with Gasteiger partial charge in [0.25, 0.3) is 5.91 Å². The number of nitrogens with one attached hydrogen (secondary N) is 1. The van der Waals surface area contributed by atoms with Crippen LogP contribution in [0.2, 0.25) is 0 Å². The number of aromatic nitrogens is 3. The van der Waals surface area contributed by atoms with Crippen LogP contribution in [0.25, 0.3) is 0 Å². The Morgan fingerprint density at radius 3 is 2.77 bits per heavy atom. The Labute approximate surface area is 152 Å². The molecule has 0 saturated carbocycles. The molecule has 1 saturated heterocycles. The molecule has 9 nitrogen and oxygen atoms in total. The van der Waals surface area contributed by atoms with E-state index >= 15 is 0 Å². The molecule has 26 heavy (non-hydrogen) atoms. The van der Waals surface area contributed by atoms with Crippen LogP contribution in [0, 0.1) is 0 Å². The lowest BCUT2D eigenvalue weighted by Gasteiger charge is -2.28. The summed E-state index contributed by atoms with van der Waals surface area (Å²) in [5.74, 6) is 1.36. The summed E-state index contributed by atoms with van der Waals surface area (Å²) in [4.78, 5) is 29.5. The van der Waals surface area contributed by atoms with Gasteiger partial charge in [0.1, 0.15) is 5.69 Å². The number of anilines is 3. The summed E-state index contributed by atoms with van der Waals surface area (Å²) in [6.45, 7) is 2.80. The van der Waals surface area contributed by atoms with Gasteiger partial charge >= 0.3 is 0 Å². The molecular weight excluding hydrogens is 336 g/mol. The van der Waals surface area contributed by atoms with Gasteiger partial charge in [-0.2, -0.15) is 4.98 Å². The molecule has 3 heterocycles. The molecule has 138 valence electrons. The first-order valence-electron chi connectivity index (χ1n) is 8.27. The van der Waals surface area contributed by atoms with E-state index in [9.17, 15) is 4.79 Å². The Kier molecular flexibility index (Phi) is 5.47. The van der Waals surface area contributed by atoms with Crippen molar-refractivity contribution in [2.75, 3.05) is 62.6 Å². The van der Waals surface area contributed by atoms with Gasteiger partial charge in [-0.05, 0) is 6.07 Å². The zero-order chi connectivity index (χ0) is 18.5. The van der Waals surface area contributed by atoms with E-state index in [1.165, 1.54) is 13.3 Å². The van der Waals surface area contributed by atoms with Crippen molar-refractivity contribution in [2.45, 2.75) is 0 Å². The zero-order valence-electron chi connectivity index (χ0n) is 15.1. The zero-order valence-corrected chi connectivity index (χ0v) is 15.1. The number of morpholine rings is 1. The summed E-state index contributed by atoms with van der Waals surface area (Å²) in [7, 11) is 5.25. The third-order valence-corrected chi connectivity index (χ3v) is 3.93. The van der Waals surface area contributed by atoms with Crippen molar-refractivity contribution in [3.8, 4) is 5.88 Å². The minimum atomic E-state index is -0.281. The average Bonchev–Trinajstić information content (AvgIpc) is 2.68. The molecule has 1 N–H and O–H groups in total. The van der Waals surface area contributed by atoms with Crippen molar-refractivity contribution in [1.82, 2.24) is 15.0 Å². The van der Waals surface area contributed by atoms with Crippen LogP contribution in [-0.4, -0.2) is 68.4 Å². The van der Waals surface area contributed by atoms with Crippen LogP contribution in [0.5, 0.6) is 5.88 Å². The van der Waals surface area contributed by atoms with Crippen molar-refractivity contribution in [3.63, 3.8) is 0 Å². The van der Waals surface area contributed by atoms with E-state index in [-0.39, 0.29) is 5.91 Å². The highest BCUT2D eigenvalue weighted by Gasteiger charge is 2.18. The largest absolute Gasteiger partial charge is 0.481 e. The van der Waals surface area contributed by atoms with Gasteiger partial charge in [0.15, 0.2) is 5.82 Å². The van der Waals surface area contributed by atoms with Gasteiger partial charge in [-0.3, -0.25) is 4.79 Å². The van der Waals surface area contributed by atoms with Crippen molar-refractivity contribution >= 4 is 23.4 Å². The summed E-state index contributed by atoms with van der Waals surface area (Å²) in [5.41, 5.74) is 0.978. The predicted octanol–water partition coefficient (Wildman–Crippen LogP) is 1.04. The second-order valence-corrected chi connectivity index (χ2v) is 5.94. The number of methoxy groups -OCH3 is 1. The van der Waals surface area contributed by atoms with Crippen LogP contribution >= 0.6 is 0 Å². The Hall–Kier alpha value is -2.94. The average molecular weight is 358 g/mol. The third-order valence-electron chi connectivity index (χ3n) is 3.93. The van der Waals surface area contributed by atoms with E-state index in [2.05, 4.69) is 25.2 Å². The molecule has 0 bridgehead atoms. The number of carbonyl (C=O) groups excluding carboxylic acids is 1. The fourth-order valence-corrected chi connectivity index (χ4v) is 2.57. The van der Waals surface area contributed by atoms with Gasteiger partial charge in [-0.1, -0.05) is 0 Å². The predicted molar refractivity (Wildman–Crippen MR) is 98.1 cm³/mol. The molecule has 2 aromatic rings.